The highest BCUT2D eigenvalue weighted by Crippen LogP contribution is 2.35. The van der Waals surface area contributed by atoms with Gasteiger partial charge in [-0.15, -0.1) is 0 Å². The Labute approximate surface area is 274 Å². The van der Waals surface area contributed by atoms with Gasteiger partial charge in [-0.25, -0.2) is 0 Å². The first-order valence-electron chi connectivity index (χ1n) is 15.3. The molecule has 0 bridgehead atoms. The molecule has 2 heterocycles. The van der Waals surface area contributed by atoms with Crippen LogP contribution in [0.1, 0.15) is 43.7 Å². The number of carbonyl (C=O) groups is 1. The number of hydrogen-bond donors (Lipinski definition) is 2. The van der Waals surface area contributed by atoms with Gasteiger partial charge in [0.15, 0.2) is 0 Å². The quantitative estimate of drug-likeness (QED) is 0.193. The minimum absolute atomic E-state index is 0.0307. The SMILES string of the molecule is Cc1c(COc2cc(OCc3cncc(C#N)c3)c(CNCCN)cc2Cl)cccc1-c1cccc(C(=O)N2CCOCC2)c1C. The van der Waals surface area contributed by atoms with E-state index in [4.69, 9.17) is 31.5 Å². The number of ether oxygens (including phenoxy) is 3. The number of halogens is 1. The predicted molar refractivity (Wildman–Crippen MR) is 178 cm³/mol. The normalized spacial score (nSPS) is 12.9. The smallest absolute Gasteiger partial charge is 0.254 e. The molecule has 0 saturated carbocycles. The standard InChI is InChI=1S/C36H38ClN5O4/c1-24-28(5-3-6-30(24)31-7-4-8-32(25(31)2)36(43)42-11-13-44-14-12-42)23-46-35-17-34(29(16-33(35)37)21-40-10-9-38)45-22-27-15-26(18-39)19-41-20-27/h3-8,15-17,19-20,40H,9-14,21-23,38H2,1-2H3. The van der Waals surface area contributed by atoms with Gasteiger partial charge in [0.25, 0.3) is 5.91 Å². The lowest BCUT2D eigenvalue weighted by Crippen LogP contribution is -2.41. The van der Waals surface area contributed by atoms with Gasteiger partial charge < -0.3 is 30.2 Å². The average Bonchev–Trinajstić information content (AvgIpc) is 3.08. The summed E-state index contributed by atoms with van der Waals surface area (Å²) in [6.45, 7) is 8.55. The minimum atomic E-state index is 0.0307. The van der Waals surface area contributed by atoms with Crippen LogP contribution in [0, 0.1) is 25.2 Å². The van der Waals surface area contributed by atoms with Crippen LogP contribution in [0.5, 0.6) is 11.5 Å². The van der Waals surface area contributed by atoms with Gasteiger partial charge in [-0.05, 0) is 59.9 Å². The fourth-order valence-corrected chi connectivity index (χ4v) is 5.70. The Kier molecular flexibility index (Phi) is 11.2. The average molecular weight is 640 g/mol. The second-order valence-corrected chi connectivity index (χ2v) is 11.5. The second-order valence-electron chi connectivity index (χ2n) is 11.1. The first kappa shape index (κ1) is 32.9. The molecule has 3 N–H and O–H groups in total. The molecule has 0 aliphatic carbocycles. The third-order valence-corrected chi connectivity index (χ3v) is 8.35. The Morgan fingerprint density at radius 3 is 2.50 bits per heavy atom. The largest absolute Gasteiger partial charge is 0.488 e. The molecule has 1 saturated heterocycles. The number of nitrogens with two attached hydrogens (primary N) is 1. The van der Waals surface area contributed by atoms with Gasteiger partial charge in [-0.2, -0.15) is 5.26 Å². The van der Waals surface area contributed by atoms with Crippen LogP contribution < -0.4 is 20.5 Å². The van der Waals surface area contributed by atoms with E-state index in [1.165, 1.54) is 6.20 Å². The number of rotatable bonds is 12. The molecule has 5 rings (SSSR count). The molecule has 3 aromatic carbocycles. The summed E-state index contributed by atoms with van der Waals surface area (Å²) in [5.41, 5.74) is 13.5. The molecule has 46 heavy (non-hydrogen) atoms. The number of nitriles is 1. The summed E-state index contributed by atoms with van der Waals surface area (Å²) in [5, 5.41) is 13.0. The molecule has 4 aromatic rings. The second kappa shape index (κ2) is 15.7. The number of nitrogens with zero attached hydrogens (tertiary/aromatic N) is 3. The van der Waals surface area contributed by atoms with Crippen molar-refractivity contribution in [3.05, 3.63) is 111 Å². The summed E-state index contributed by atoms with van der Waals surface area (Å²) in [4.78, 5) is 19.3. The molecule has 9 nitrogen and oxygen atoms in total. The Balaban J connectivity index is 1.36. The molecule has 1 aliphatic heterocycles. The van der Waals surface area contributed by atoms with E-state index < -0.39 is 0 Å². The third kappa shape index (κ3) is 7.84. The van der Waals surface area contributed by atoms with Crippen molar-refractivity contribution in [3.63, 3.8) is 0 Å². The van der Waals surface area contributed by atoms with Gasteiger partial charge in [-0.1, -0.05) is 41.9 Å². The molecule has 0 unspecified atom stereocenters. The highest BCUT2D eigenvalue weighted by molar-refractivity contribution is 6.32. The number of hydrogen-bond acceptors (Lipinski definition) is 8. The summed E-state index contributed by atoms with van der Waals surface area (Å²) < 4.78 is 17.9. The van der Waals surface area contributed by atoms with Gasteiger partial charge in [0.2, 0.25) is 0 Å². The first-order chi connectivity index (χ1) is 22.4. The molecule has 0 spiro atoms. The zero-order valence-electron chi connectivity index (χ0n) is 26.1. The summed E-state index contributed by atoms with van der Waals surface area (Å²) in [6, 6.07) is 19.5. The Bertz CT molecular complexity index is 1730. The minimum Gasteiger partial charge on any atom is -0.488 e. The number of aromatic nitrogens is 1. The highest BCUT2D eigenvalue weighted by Gasteiger charge is 2.22. The number of pyridine rings is 1. The molecule has 238 valence electrons. The molecule has 0 atom stereocenters. The number of morpholine rings is 1. The van der Waals surface area contributed by atoms with Crippen molar-refractivity contribution in [1.29, 1.82) is 5.26 Å². The molecule has 1 fully saturated rings. The van der Waals surface area contributed by atoms with E-state index in [9.17, 15) is 10.1 Å². The van der Waals surface area contributed by atoms with Crippen molar-refractivity contribution >= 4 is 17.5 Å². The number of carbonyl (C=O) groups excluding carboxylic acids is 1. The van der Waals surface area contributed by atoms with Crippen molar-refractivity contribution in [2.75, 3.05) is 39.4 Å². The Morgan fingerprint density at radius 1 is 1.00 bits per heavy atom. The lowest BCUT2D eigenvalue weighted by molar-refractivity contribution is 0.0302. The van der Waals surface area contributed by atoms with Crippen LogP contribution in [0.2, 0.25) is 5.02 Å². The van der Waals surface area contributed by atoms with E-state index in [2.05, 4.69) is 35.4 Å². The van der Waals surface area contributed by atoms with Gasteiger partial charge in [-0.3, -0.25) is 9.78 Å². The van der Waals surface area contributed by atoms with E-state index in [0.29, 0.717) is 73.6 Å². The van der Waals surface area contributed by atoms with Crippen molar-refractivity contribution in [2.24, 2.45) is 5.73 Å². The van der Waals surface area contributed by atoms with Gasteiger partial charge in [0.1, 0.15) is 30.8 Å². The highest BCUT2D eigenvalue weighted by atomic mass is 35.5. The number of benzene rings is 3. The zero-order chi connectivity index (χ0) is 32.5. The number of amides is 1. The molecular weight excluding hydrogens is 602 g/mol. The van der Waals surface area contributed by atoms with Crippen molar-refractivity contribution in [2.45, 2.75) is 33.6 Å². The lowest BCUT2D eigenvalue weighted by Gasteiger charge is -2.27. The van der Waals surface area contributed by atoms with Crippen LogP contribution in [0.25, 0.3) is 11.1 Å². The Hall–Kier alpha value is -4.46. The Morgan fingerprint density at radius 2 is 1.74 bits per heavy atom. The maximum atomic E-state index is 13.3. The maximum Gasteiger partial charge on any atom is 0.254 e. The summed E-state index contributed by atoms with van der Waals surface area (Å²) in [7, 11) is 0. The van der Waals surface area contributed by atoms with Crippen LogP contribution in [-0.2, 0) is 24.5 Å². The van der Waals surface area contributed by atoms with E-state index in [-0.39, 0.29) is 19.1 Å². The van der Waals surface area contributed by atoms with Crippen LogP contribution >= 0.6 is 11.6 Å². The van der Waals surface area contributed by atoms with Crippen molar-refractivity contribution in [1.82, 2.24) is 15.2 Å². The molecule has 1 aliphatic rings. The van der Waals surface area contributed by atoms with Gasteiger partial charge in [0, 0.05) is 67.9 Å². The van der Waals surface area contributed by atoms with Gasteiger partial charge in [0.05, 0.1) is 23.8 Å². The molecular formula is C36H38ClN5O4. The lowest BCUT2D eigenvalue weighted by atomic mass is 9.91. The van der Waals surface area contributed by atoms with E-state index in [0.717, 1.165) is 38.9 Å². The molecule has 0 radical (unpaired) electrons. The summed E-state index contributed by atoms with van der Waals surface area (Å²) in [5.74, 6) is 1.12. The van der Waals surface area contributed by atoms with E-state index in [1.807, 2.05) is 42.2 Å². The fraction of sp³-hybridized carbons (Fsp3) is 0.306. The fourth-order valence-electron chi connectivity index (χ4n) is 5.46. The van der Waals surface area contributed by atoms with E-state index >= 15 is 0 Å². The van der Waals surface area contributed by atoms with Crippen molar-refractivity contribution in [3.8, 4) is 28.7 Å². The topological polar surface area (TPSA) is 123 Å². The molecule has 1 aromatic heterocycles. The summed E-state index contributed by atoms with van der Waals surface area (Å²) >= 11 is 6.71. The monoisotopic (exact) mass is 639 g/mol. The number of nitrogens with one attached hydrogen (secondary N) is 1. The molecule has 10 heteroatoms. The maximum absolute atomic E-state index is 13.3. The van der Waals surface area contributed by atoms with Gasteiger partial charge >= 0.3 is 0 Å². The molecule has 1 amide bonds. The van der Waals surface area contributed by atoms with Crippen LogP contribution in [0.3, 0.4) is 0 Å². The van der Waals surface area contributed by atoms with Crippen LogP contribution in [0.4, 0.5) is 0 Å². The van der Waals surface area contributed by atoms with E-state index in [1.54, 1.807) is 18.3 Å². The van der Waals surface area contributed by atoms with Crippen LogP contribution in [0.15, 0.2) is 67.0 Å². The van der Waals surface area contributed by atoms with Crippen molar-refractivity contribution < 1.29 is 19.0 Å². The first-order valence-corrected chi connectivity index (χ1v) is 15.7. The zero-order valence-corrected chi connectivity index (χ0v) is 26.9. The van der Waals surface area contributed by atoms with Crippen LogP contribution in [-0.4, -0.2) is 55.2 Å². The third-order valence-electron chi connectivity index (χ3n) is 8.05. The predicted octanol–water partition coefficient (Wildman–Crippen LogP) is 5.57. The summed E-state index contributed by atoms with van der Waals surface area (Å²) in [6.07, 6.45) is 3.19.